The van der Waals surface area contributed by atoms with E-state index in [1.807, 2.05) is 0 Å². The van der Waals surface area contributed by atoms with E-state index in [9.17, 15) is 18.0 Å². The lowest BCUT2D eigenvalue weighted by atomic mass is 10.2. The van der Waals surface area contributed by atoms with Crippen LogP contribution in [0.4, 0.5) is 18.9 Å². The molecule has 1 N–H and O–H groups in total. The molecule has 11 heteroatoms. The van der Waals surface area contributed by atoms with Crippen LogP contribution >= 0.6 is 35.0 Å². The number of rotatable bonds is 5. The van der Waals surface area contributed by atoms with E-state index in [0.717, 1.165) is 35.5 Å². The zero-order valence-corrected chi connectivity index (χ0v) is 18.0. The van der Waals surface area contributed by atoms with Gasteiger partial charge in [-0.3, -0.25) is 4.79 Å². The molecule has 158 valence electrons. The third-order valence-corrected chi connectivity index (χ3v) is 5.86. The van der Waals surface area contributed by atoms with Crippen molar-refractivity contribution in [3.63, 3.8) is 0 Å². The standard InChI is InChI=1S/C19H15Cl2F3N4OS/c1-10(17(29)25-15-9-12(19(22,23)24)5-8-14(15)21)30-18-27-26-16(28(18)2)11-3-6-13(20)7-4-11/h3-10H,1-2H3,(H,25,29). The monoisotopic (exact) mass is 474 g/mol. The molecular formula is C19H15Cl2F3N4OS. The van der Waals surface area contributed by atoms with Crippen LogP contribution in [0.3, 0.4) is 0 Å². The van der Waals surface area contributed by atoms with Crippen molar-refractivity contribution in [2.45, 2.75) is 23.5 Å². The topological polar surface area (TPSA) is 59.8 Å². The van der Waals surface area contributed by atoms with Gasteiger partial charge < -0.3 is 9.88 Å². The first-order chi connectivity index (χ1) is 14.1. The fraction of sp³-hybridized carbons (Fsp3) is 0.211. The fourth-order valence-electron chi connectivity index (χ4n) is 2.51. The van der Waals surface area contributed by atoms with Crippen molar-refractivity contribution < 1.29 is 18.0 Å². The molecule has 1 unspecified atom stereocenters. The molecule has 5 nitrogen and oxygen atoms in total. The van der Waals surface area contributed by atoms with E-state index in [2.05, 4.69) is 15.5 Å². The summed E-state index contributed by atoms with van der Waals surface area (Å²) in [5.41, 5.74) is -0.207. The van der Waals surface area contributed by atoms with Crippen molar-refractivity contribution in [1.29, 1.82) is 0 Å². The van der Waals surface area contributed by atoms with Gasteiger partial charge in [0.15, 0.2) is 11.0 Å². The number of anilines is 1. The molecule has 0 spiro atoms. The predicted octanol–water partition coefficient (Wildman–Crippen LogP) is 5.93. The van der Waals surface area contributed by atoms with Gasteiger partial charge in [-0.2, -0.15) is 13.2 Å². The lowest BCUT2D eigenvalue weighted by molar-refractivity contribution is -0.137. The van der Waals surface area contributed by atoms with Crippen molar-refractivity contribution in [1.82, 2.24) is 14.8 Å². The van der Waals surface area contributed by atoms with Gasteiger partial charge in [-0.1, -0.05) is 35.0 Å². The van der Waals surface area contributed by atoms with Crippen molar-refractivity contribution in [3.8, 4) is 11.4 Å². The van der Waals surface area contributed by atoms with E-state index in [0.29, 0.717) is 16.0 Å². The smallest absolute Gasteiger partial charge is 0.324 e. The fourth-order valence-corrected chi connectivity index (χ4v) is 3.62. The highest BCUT2D eigenvalue weighted by Gasteiger charge is 2.31. The molecule has 30 heavy (non-hydrogen) atoms. The minimum Gasteiger partial charge on any atom is -0.324 e. The molecule has 3 rings (SSSR count). The molecule has 1 amide bonds. The van der Waals surface area contributed by atoms with E-state index < -0.39 is 22.9 Å². The first kappa shape index (κ1) is 22.5. The van der Waals surface area contributed by atoms with Crippen LogP contribution in [0, 0.1) is 0 Å². The number of amides is 1. The molecule has 0 bridgehead atoms. The number of hydrogen-bond acceptors (Lipinski definition) is 4. The van der Waals surface area contributed by atoms with Crippen LogP contribution in [-0.4, -0.2) is 25.9 Å². The normalized spacial score (nSPS) is 12.6. The number of alkyl halides is 3. The van der Waals surface area contributed by atoms with E-state index in [1.165, 1.54) is 0 Å². The van der Waals surface area contributed by atoms with Gasteiger partial charge in [0, 0.05) is 17.6 Å². The number of carbonyl (C=O) groups excluding carboxylic acids is 1. The molecule has 0 aliphatic heterocycles. The third kappa shape index (κ3) is 5.08. The minimum absolute atomic E-state index is 0.0113. The van der Waals surface area contributed by atoms with E-state index >= 15 is 0 Å². The average Bonchev–Trinajstić information content (AvgIpc) is 3.03. The van der Waals surface area contributed by atoms with Crippen LogP contribution in [0.2, 0.25) is 10.0 Å². The zero-order valence-electron chi connectivity index (χ0n) is 15.7. The number of thioether (sulfide) groups is 1. The zero-order chi connectivity index (χ0) is 22.1. The maximum atomic E-state index is 12.9. The molecular weight excluding hydrogens is 460 g/mol. The SMILES string of the molecule is CC(Sc1nnc(-c2ccc(Cl)cc2)n1C)C(=O)Nc1cc(C(F)(F)F)ccc1Cl. The van der Waals surface area contributed by atoms with Crippen LogP contribution in [-0.2, 0) is 18.0 Å². The van der Waals surface area contributed by atoms with Crippen LogP contribution < -0.4 is 5.32 Å². The lowest BCUT2D eigenvalue weighted by Crippen LogP contribution is -2.23. The Hall–Kier alpha value is -2.23. The summed E-state index contributed by atoms with van der Waals surface area (Å²) in [4.78, 5) is 12.5. The Balaban J connectivity index is 1.73. The first-order valence-corrected chi connectivity index (χ1v) is 10.2. The van der Waals surface area contributed by atoms with E-state index in [4.69, 9.17) is 23.2 Å². The number of hydrogen-bond donors (Lipinski definition) is 1. The summed E-state index contributed by atoms with van der Waals surface area (Å²) in [7, 11) is 1.75. The lowest BCUT2D eigenvalue weighted by Gasteiger charge is -2.14. The van der Waals surface area contributed by atoms with Gasteiger partial charge in [-0.25, -0.2) is 0 Å². The summed E-state index contributed by atoms with van der Waals surface area (Å²) < 4.78 is 40.4. The van der Waals surface area contributed by atoms with Gasteiger partial charge in [-0.15, -0.1) is 10.2 Å². The highest BCUT2D eigenvalue weighted by Crippen LogP contribution is 2.34. The molecule has 0 fully saturated rings. The largest absolute Gasteiger partial charge is 0.416 e. The van der Waals surface area contributed by atoms with E-state index in [-0.39, 0.29) is 10.7 Å². The second-order valence-electron chi connectivity index (χ2n) is 6.31. The molecule has 3 aromatic rings. The average molecular weight is 475 g/mol. The molecule has 1 aromatic heterocycles. The van der Waals surface area contributed by atoms with E-state index in [1.54, 1.807) is 42.8 Å². The quantitative estimate of drug-likeness (QED) is 0.465. The molecule has 1 heterocycles. The van der Waals surface area contributed by atoms with Crippen LogP contribution in [0.25, 0.3) is 11.4 Å². The Kier molecular flexibility index (Phi) is 6.64. The molecule has 0 saturated heterocycles. The Bertz CT molecular complexity index is 1070. The Labute approximate surface area is 184 Å². The van der Waals surface area contributed by atoms with Gasteiger partial charge in [0.1, 0.15) is 0 Å². The molecule has 1 atom stereocenters. The van der Waals surface area contributed by atoms with Gasteiger partial charge in [0.05, 0.1) is 21.5 Å². The second-order valence-corrected chi connectivity index (χ2v) is 8.47. The molecule has 0 aliphatic carbocycles. The van der Waals surface area contributed by atoms with Crippen molar-refractivity contribution in [2.75, 3.05) is 5.32 Å². The van der Waals surface area contributed by atoms with Crippen molar-refractivity contribution in [2.24, 2.45) is 7.05 Å². The van der Waals surface area contributed by atoms with Crippen LogP contribution in [0.15, 0.2) is 47.6 Å². The molecule has 0 aliphatic rings. The number of carbonyl (C=O) groups is 1. The summed E-state index contributed by atoms with van der Waals surface area (Å²) in [6, 6.07) is 9.81. The summed E-state index contributed by atoms with van der Waals surface area (Å²) in [6.07, 6.45) is -4.54. The Morgan fingerprint density at radius 1 is 1.13 bits per heavy atom. The summed E-state index contributed by atoms with van der Waals surface area (Å²) in [5, 5.41) is 11.1. The third-order valence-electron chi connectivity index (χ3n) is 4.14. The minimum atomic E-state index is -4.54. The molecule has 0 saturated carbocycles. The number of nitrogens with one attached hydrogen (secondary N) is 1. The number of halogens is 5. The number of benzene rings is 2. The van der Waals surface area contributed by atoms with Gasteiger partial charge in [0.25, 0.3) is 0 Å². The number of aromatic nitrogens is 3. The summed E-state index contributed by atoms with van der Waals surface area (Å²) in [5.74, 6) is 0.0694. The van der Waals surface area contributed by atoms with Crippen LogP contribution in [0.1, 0.15) is 12.5 Å². The highest BCUT2D eigenvalue weighted by atomic mass is 35.5. The van der Waals surface area contributed by atoms with Crippen molar-refractivity contribution in [3.05, 3.63) is 58.1 Å². The van der Waals surface area contributed by atoms with Gasteiger partial charge in [-0.05, 0) is 49.4 Å². The maximum absolute atomic E-state index is 12.9. The summed E-state index contributed by atoms with van der Waals surface area (Å²) >= 11 is 13.0. The molecule has 2 aromatic carbocycles. The summed E-state index contributed by atoms with van der Waals surface area (Å²) in [6.45, 7) is 1.61. The second kappa shape index (κ2) is 8.87. The van der Waals surface area contributed by atoms with Gasteiger partial charge >= 0.3 is 6.18 Å². The maximum Gasteiger partial charge on any atom is 0.416 e. The highest BCUT2D eigenvalue weighted by molar-refractivity contribution is 8.00. The van der Waals surface area contributed by atoms with Gasteiger partial charge in [0.2, 0.25) is 5.91 Å². The predicted molar refractivity (Wildman–Crippen MR) is 112 cm³/mol. The Morgan fingerprint density at radius 3 is 2.43 bits per heavy atom. The van der Waals surface area contributed by atoms with Crippen LogP contribution in [0.5, 0.6) is 0 Å². The molecule has 0 radical (unpaired) electrons. The van der Waals surface area contributed by atoms with Crippen molar-refractivity contribution >= 4 is 46.6 Å². The first-order valence-electron chi connectivity index (χ1n) is 8.56. The Morgan fingerprint density at radius 2 is 1.80 bits per heavy atom. The number of nitrogens with zero attached hydrogens (tertiary/aromatic N) is 3.